The number of hydrogen-bond acceptors (Lipinski definition) is 3. The van der Waals surface area contributed by atoms with Crippen molar-refractivity contribution in [2.24, 2.45) is 5.92 Å². The summed E-state index contributed by atoms with van der Waals surface area (Å²) in [6.45, 7) is 2.21. The van der Waals surface area contributed by atoms with Crippen molar-refractivity contribution in [2.75, 3.05) is 24.0 Å². The highest BCUT2D eigenvalue weighted by atomic mass is 35.5. The van der Waals surface area contributed by atoms with Crippen molar-refractivity contribution in [1.29, 1.82) is 0 Å². The number of halogens is 1. The molecule has 0 bridgehead atoms. The van der Waals surface area contributed by atoms with Crippen molar-refractivity contribution < 1.29 is 10.2 Å². The smallest absolute Gasteiger partial charge is 0.0585 e. The van der Waals surface area contributed by atoms with Crippen molar-refractivity contribution in [3.8, 4) is 0 Å². The third-order valence-electron chi connectivity index (χ3n) is 1.68. The first-order valence-electron chi connectivity index (χ1n) is 4.15. The van der Waals surface area contributed by atoms with Gasteiger partial charge in [0, 0.05) is 11.6 Å². The van der Waals surface area contributed by atoms with Gasteiger partial charge in [0.05, 0.1) is 12.7 Å². The van der Waals surface area contributed by atoms with Crippen molar-refractivity contribution in [2.45, 2.75) is 19.4 Å². The van der Waals surface area contributed by atoms with E-state index in [9.17, 15) is 5.11 Å². The number of alkyl halides is 1. The molecule has 4 heteroatoms. The van der Waals surface area contributed by atoms with Gasteiger partial charge in [0.2, 0.25) is 0 Å². The summed E-state index contributed by atoms with van der Waals surface area (Å²) in [4.78, 5) is 0. The van der Waals surface area contributed by atoms with Gasteiger partial charge in [0.15, 0.2) is 0 Å². The summed E-state index contributed by atoms with van der Waals surface area (Å²) in [5.74, 6) is 2.41. The first-order chi connectivity index (χ1) is 5.72. The standard InChI is InChI=1S/C8H17ClO2S/c1-7(6-12-5-4-10)8(11)2-3-9/h7-8,10-11H,2-6H2,1H3. The van der Waals surface area contributed by atoms with E-state index in [0.717, 1.165) is 11.5 Å². The van der Waals surface area contributed by atoms with Gasteiger partial charge >= 0.3 is 0 Å². The molecule has 0 rings (SSSR count). The van der Waals surface area contributed by atoms with Crippen LogP contribution in [0.3, 0.4) is 0 Å². The van der Waals surface area contributed by atoms with Crippen LogP contribution in [0.1, 0.15) is 13.3 Å². The summed E-state index contributed by atoms with van der Waals surface area (Å²) in [6, 6.07) is 0. The Labute approximate surface area is 83.3 Å². The number of aliphatic hydroxyl groups excluding tert-OH is 2. The summed E-state index contributed by atoms with van der Waals surface area (Å²) in [5, 5.41) is 18.0. The molecule has 74 valence electrons. The molecule has 0 saturated carbocycles. The Balaban J connectivity index is 3.35. The maximum Gasteiger partial charge on any atom is 0.0585 e. The van der Waals surface area contributed by atoms with E-state index in [1.807, 2.05) is 6.92 Å². The highest BCUT2D eigenvalue weighted by Crippen LogP contribution is 2.14. The van der Waals surface area contributed by atoms with Gasteiger partial charge in [-0.2, -0.15) is 11.8 Å². The number of aliphatic hydroxyl groups is 2. The fourth-order valence-corrected chi connectivity index (χ4v) is 1.95. The first-order valence-corrected chi connectivity index (χ1v) is 5.84. The second kappa shape index (κ2) is 8.17. The molecule has 0 saturated heterocycles. The van der Waals surface area contributed by atoms with Crippen LogP contribution in [0.25, 0.3) is 0 Å². The van der Waals surface area contributed by atoms with E-state index in [2.05, 4.69) is 0 Å². The molecule has 0 aromatic heterocycles. The van der Waals surface area contributed by atoms with Gasteiger partial charge in [-0.3, -0.25) is 0 Å². The number of rotatable bonds is 7. The second-order valence-corrected chi connectivity index (χ2v) is 4.35. The topological polar surface area (TPSA) is 40.5 Å². The normalized spacial score (nSPS) is 16.0. The summed E-state index contributed by atoms with van der Waals surface area (Å²) < 4.78 is 0. The SMILES string of the molecule is CC(CSCCO)C(O)CCCl. The van der Waals surface area contributed by atoms with Crippen molar-refractivity contribution >= 4 is 23.4 Å². The van der Waals surface area contributed by atoms with Crippen LogP contribution in [0.5, 0.6) is 0 Å². The second-order valence-electron chi connectivity index (χ2n) is 2.82. The molecule has 0 aliphatic rings. The fourth-order valence-electron chi connectivity index (χ4n) is 0.841. The molecular formula is C8H17ClO2S. The molecule has 2 unspecified atom stereocenters. The van der Waals surface area contributed by atoms with E-state index in [-0.39, 0.29) is 18.6 Å². The van der Waals surface area contributed by atoms with E-state index in [1.165, 1.54) is 0 Å². The van der Waals surface area contributed by atoms with E-state index in [1.54, 1.807) is 11.8 Å². The zero-order valence-corrected chi connectivity index (χ0v) is 8.94. The van der Waals surface area contributed by atoms with Crippen LogP contribution in [0, 0.1) is 5.92 Å². The molecule has 0 radical (unpaired) electrons. The van der Waals surface area contributed by atoms with Crippen molar-refractivity contribution in [3.05, 3.63) is 0 Å². The minimum absolute atomic E-state index is 0.211. The number of thioether (sulfide) groups is 1. The monoisotopic (exact) mass is 212 g/mol. The summed E-state index contributed by atoms with van der Waals surface area (Å²) in [5.41, 5.74) is 0. The Kier molecular flexibility index (Phi) is 8.55. The third-order valence-corrected chi connectivity index (χ3v) is 3.13. The average Bonchev–Trinajstić information content (AvgIpc) is 2.05. The Morgan fingerprint density at radius 2 is 2.17 bits per heavy atom. The van der Waals surface area contributed by atoms with Crippen LogP contribution in [-0.2, 0) is 0 Å². The Bertz CT molecular complexity index is 103. The lowest BCUT2D eigenvalue weighted by atomic mass is 10.1. The first kappa shape index (κ1) is 12.6. The lowest BCUT2D eigenvalue weighted by Gasteiger charge is -2.16. The fraction of sp³-hybridized carbons (Fsp3) is 1.00. The highest BCUT2D eigenvalue weighted by Gasteiger charge is 2.12. The highest BCUT2D eigenvalue weighted by molar-refractivity contribution is 7.99. The third kappa shape index (κ3) is 6.12. The zero-order valence-electron chi connectivity index (χ0n) is 7.37. The zero-order chi connectivity index (χ0) is 9.40. The lowest BCUT2D eigenvalue weighted by molar-refractivity contribution is 0.124. The summed E-state index contributed by atoms with van der Waals surface area (Å²) >= 11 is 7.16. The van der Waals surface area contributed by atoms with Crippen LogP contribution in [-0.4, -0.2) is 40.3 Å². The number of hydrogen-bond donors (Lipinski definition) is 2. The molecule has 0 aromatic rings. The molecule has 0 amide bonds. The molecular weight excluding hydrogens is 196 g/mol. The molecule has 0 aromatic carbocycles. The average molecular weight is 213 g/mol. The molecule has 0 fully saturated rings. The van der Waals surface area contributed by atoms with Gasteiger partial charge in [-0.25, -0.2) is 0 Å². The molecule has 0 spiro atoms. The molecule has 2 atom stereocenters. The Hall–Kier alpha value is 0.560. The van der Waals surface area contributed by atoms with Crippen LogP contribution in [0.4, 0.5) is 0 Å². The largest absolute Gasteiger partial charge is 0.396 e. The molecule has 0 aliphatic heterocycles. The van der Waals surface area contributed by atoms with Crippen LogP contribution in [0.2, 0.25) is 0 Å². The maximum absolute atomic E-state index is 9.46. The van der Waals surface area contributed by atoms with Gasteiger partial charge in [-0.1, -0.05) is 6.92 Å². The van der Waals surface area contributed by atoms with Crippen molar-refractivity contribution in [1.82, 2.24) is 0 Å². The van der Waals surface area contributed by atoms with Crippen molar-refractivity contribution in [3.63, 3.8) is 0 Å². The lowest BCUT2D eigenvalue weighted by Crippen LogP contribution is -2.20. The van der Waals surface area contributed by atoms with Crippen LogP contribution >= 0.6 is 23.4 Å². The predicted molar refractivity (Wildman–Crippen MR) is 54.9 cm³/mol. The summed E-state index contributed by atoms with van der Waals surface area (Å²) in [6.07, 6.45) is 0.358. The molecule has 2 nitrogen and oxygen atoms in total. The molecule has 2 N–H and O–H groups in total. The van der Waals surface area contributed by atoms with E-state index >= 15 is 0 Å². The van der Waals surface area contributed by atoms with E-state index < -0.39 is 0 Å². The van der Waals surface area contributed by atoms with Gasteiger partial charge in [-0.05, 0) is 18.1 Å². The van der Waals surface area contributed by atoms with E-state index in [4.69, 9.17) is 16.7 Å². The Morgan fingerprint density at radius 1 is 1.50 bits per heavy atom. The maximum atomic E-state index is 9.46. The van der Waals surface area contributed by atoms with Crippen LogP contribution in [0.15, 0.2) is 0 Å². The predicted octanol–water partition coefficient (Wildman–Crippen LogP) is 1.34. The quantitative estimate of drug-likeness (QED) is 0.494. The van der Waals surface area contributed by atoms with Gasteiger partial charge < -0.3 is 10.2 Å². The van der Waals surface area contributed by atoms with Gasteiger partial charge in [-0.15, -0.1) is 11.6 Å². The molecule has 0 aliphatic carbocycles. The van der Waals surface area contributed by atoms with Gasteiger partial charge in [0.25, 0.3) is 0 Å². The summed E-state index contributed by atoms with van der Waals surface area (Å²) in [7, 11) is 0. The Morgan fingerprint density at radius 3 is 2.67 bits per heavy atom. The minimum atomic E-state index is -0.298. The molecule has 0 heterocycles. The van der Waals surface area contributed by atoms with Gasteiger partial charge in [0.1, 0.15) is 0 Å². The molecule has 12 heavy (non-hydrogen) atoms. The van der Waals surface area contributed by atoms with Crippen LogP contribution < -0.4 is 0 Å². The van der Waals surface area contributed by atoms with E-state index in [0.29, 0.717) is 12.3 Å². The minimum Gasteiger partial charge on any atom is -0.396 e.